The van der Waals surface area contributed by atoms with E-state index in [0.29, 0.717) is 6.42 Å². The van der Waals surface area contributed by atoms with Crippen molar-refractivity contribution in [1.29, 1.82) is 0 Å². The van der Waals surface area contributed by atoms with Gasteiger partial charge >= 0.3 is 0 Å². The van der Waals surface area contributed by atoms with E-state index >= 15 is 0 Å². The Balaban J connectivity index is 1.59. The standard InChI is InChI=1S/C18H16Cl2FN3O/c19-14-10-15(20)16(21)9-13(14)17(25)6-3-11-1-4-12(5-2-11)24-18-22-7-8-23-18/h1-2,4-5,9-10H,3,6-8H2,(H2,22,23,24). The molecule has 0 aliphatic carbocycles. The highest BCUT2D eigenvalue weighted by Gasteiger charge is 2.14. The van der Waals surface area contributed by atoms with Crippen LogP contribution in [-0.4, -0.2) is 24.8 Å². The first-order valence-electron chi connectivity index (χ1n) is 7.85. The Hall–Kier alpha value is -2.11. The van der Waals surface area contributed by atoms with E-state index in [9.17, 15) is 9.18 Å². The van der Waals surface area contributed by atoms with Gasteiger partial charge in [0.25, 0.3) is 0 Å². The molecule has 0 bridgehead atoms. The number of aliphatic imine (C=N–C) groups is 1. The lowest BCUT2D eigenvalue weighted by Gasteiger charge is -2.08. The predicted molar refractivity (Wildman–Crippen MR) is 99.4 cm³/mol. The Bertz CT molecular complexity index is 822. The fourth-order valence-corrected chi connectivity index (χ4v) is 2.99. The van der Waals surface area contributed by atoms with E-state index in [1.165, 1.54) is 6.07 Å². The van der Waals surface area contributed by atoms with Crippen molar-refractivity contribution in [3.8, 4) is 0 Å². The summed E-state index contributed by atoms with van der Waals surface area (Å²) in [5.41, 5.74) is 2.09. The van der Waals surface area contributed by atoms with Gasteiger partial charge in [-0.05, 0) is 36.2 Å². The number of hydrogen-bond acceptors (Lipinski definition) is 4. The number of rotatable bonds is 5. The predicted octanol–water partition coefficient (Wildman–Crippen LogP) is 4.32. The number of nitrogens with one attached hydrogen (secondary N) is 2. The Morgan fingerprint density at radius 1 is 1.20 bits per heavy atom. The third-order valence-electron chi connectivity index (χ3n) is 3.84. The number of halogens is 3. The molecule has 0 amide bonds. The zero-order chi connectivity index (χ0) is 17.8. The van der Waals surface area contributed by atoms with Crippen molar-refractivity contribution in [2.45, 2.75) is 12.8 Å². The third kappa shape index (κ3) is 4.50. The SMILES string of the molecule is O=C(CCc1ccc(NC2=NCCN2)cc1)c1cc(F)c(Cl)cc1Cl. The fraction of sp³-hybridized carbons (Fsp3) is 0.222. The number of hydrogen-bond donors (Lipinski definition) is 2. The molecule has 0 spiro atoms. The summed E-state index contributed by atoms with van der Waals surface area (Å²) in [4.78, 5) is 16.5. The van der Waals surface area contributed by atoms with E-state index in [0.717, 1.165) is 36.4 Å². The summed E-state index contributed by atoms with van der Waals surface area (Å²) < 4.78 is 13.5. The molecule has 0 saturated heterocycles. The molecule has 0 radical (unpaired) electrons. The maximum atomic E-state index is 13.5. The maximum absolute atomic E-state index is 13.5. The van der Waals surface area contributed by atoms with Gasteiger partial charge in [-0.25, -0.2) is 4.39 Å². The summed E-state index contributed by atoms with van der Waals surface area (Å²) in [6.07, 6.45) is 0.778. The molecular weight excluding hydrogens is 364 g/mol. The monoisotopic (exact) mass is 379 g/mol. The van der Waals surface area contributed by atoms with Gasteiger partial charge in [0.15, 0.2) is 11.7 Å². The molecule has 2 aromatic carbocycles. The largest absolute Gasteiger partial charge is 0.354 e. The lowest BCUT2D eigenvalue weighted by atomic mass is 10.0. The van der Waals surface area contributed by atoms with Crippen molar-refractivity contribution in [1.82, 2.24) is 5.32 Å². The van der Waals surface area contributed by atoms with Crippen molar-refractivity contribution in [2.24, 2.45) is 4.99 Å². The minimum Gasteiger partial charge on any atom is -0.354 e. The van der Waals surface area contributed by atoms with Crippen LogP contribution in [0.1, 0.15) is 22.3 Å². The Morgan fingerprint density at radius 2 is 1.96 bits per heavy atom. The van der Waals surface area contributed by atoms with Crippen molar-refractivity contribution in [2.75, 3.05) is 18.4 Å². The maximum Gasteiger partial charge on any atom is 0.195 e. The van der Waals surface area contributed by atoms with Gasteiger partial charge in [0.2, 0.25) is 0 Å². The van der Waals surface area contributed by atoms with Gasteiger partial charge in [0, 0.05) is 24.2 Å². The highest BCUT2D eigenvalue weighted by molar-refractivity contribution is 6.36. The average molecular weight is 380 g/mol. The number of aryl methyl sites for hydroxylation is 1. The van der Waals surface area contributed by atoms with Crippen LogP contribution in [0.15, 0.2) is 41.4 Å². The van der Waals surface area contributed by atoms with Crippen LogP contribution in [0.4, 0.5) is 10.1 Å². The summed E-state index contributed by atoms with van der Waals surface area (Å²) in [7, 11) is 0. The molecular formula is C18H16Cl2FN3O. The second kappa shape index (κ2) is 7.85. The first-order valence-corrected chi connectivity index (χ1v) is 8.60. The Morgan fingerprint density at radius 3 is 2.64 bits per heavy atom. The van der Waals surface area contributed by atoms with E-state index in [1.54, 1.807) is 0 Å². The van der Waals surface area contributed by atoms with Gasteiger partial charge in [-0.2, -0.15) is 0 Å². The Kier molecular flexibility index (Phi) is 5.56. The average Bonchev–Trinajstić information content (AvgIpc) is 3.10. The lowest BCUT2D eigenvalue weighted by molar-refractivity contribution is 0.0982. The highest BCUT2D eigenvalue weighted by atomic mass is 35.5. The molecule has 1 heterocycles. The minimum absolute atomic E-state index is 0.0917. The van der Waals surface area contributed by atoms with Gasteiger partial charge in [0.05, 0.1) is 16.6 Å². The number of benzene rings is 2. The second-order valence-electron chi connectivity index (χ2n) is 5.65. The number of ketones is 1. The molecule has 130 valence electrons. The molecule has 3 rings (SSSR count). The van der Waals surface area contributed by atoms with Crippen LogP contribution >= 0.6 is 23.2 Å². The summed E-state index contributed by atoms with van der Waals surface area (Å²) in [5, 5.41) is 6.39. The van der Waals surface area contributed by atoms with Crippen molar-refractivity contribution in [3.05, 3.63) is 63.4 Å². The van der Waals surface area contributed by atoms with E-state index < -0.39 is 5.82 Å². The summed E-state index contributed by atoms with van der Waals surface area (Å²) >= 11 is 11.6. The van der Waals surface area contributed by atoms with Crippen LogP contribution in [0.25, 0.3) is 0 Å². The van der Waals surface area contributed by atoms with Crippen molar-refractivity contribution >= 4 is 40.6 Å². The molecule has 25 heavy (non-hydrogen) atoms. The molecule has 0 aromatic heterocycles. The normalized spacial score (nSPS) is 13.3. The summed E-state index contributed by atoms with van der Waals surface area (Å²) in [6.45, 7) is 1.62. The highest BCUT2D eigenvalue weighted by Crippen LogP contribution is 2.25. The van der Waals surface area contributed by atoms with Crippen LogP contribution in [0, 0.1) is 5.82 Å². The van der Waals surface area contributed by atoms with E-state index in [-0.39, 0.29) is 27.8 Å². The molecule has 0 atom stereocenters. The molecule has 2 N–H and O–H groups in total. The van der Waals surface area contributed by atoms with E-state index in [1.807, 2.05) is 24.3 Å². The van der Waals surface area contributed by atoms with Gasteiger partial charge < -0.3 is 10.6 Å². The van der Waals surface area contributed by atoms with E-state index in [2.05, 4.69) is 15.6 Å². The van der Waals surface area contributed by atoms with Crippen LogP contribution in [0.2, 0.25) is 10.0 Å². The minimum atomic E-state index is -0.645. The number of Topliss-reactive ketones (excluding diaryl/α,β-unsaturated/α-hetero) is 1. The second-order valence-corrected chi connectivity index (χ2v) is 6.46. The number of nitrogens with zero attached hydrogens (tertiary/aromatic N) is 1. The first-order chi connectivity index (χ1) is 12.0. The zero-order valence-corrected chi connectivity index (χ0v) is 14.8. The van der Waals surface area contributed by atoms with Gasteiger partial charge in [-0.15, -0.1) is 0 Å². The van der Waals surface area contributed by atoms with Crippen molar-refractivity contribution in [3.63, 3.8) is 0 Å². The number of guanidine groups is 1. The summed E-state index contributed by atoms with van der Waals surface area (Å²) in [6, 6.07) is 10.1. The van der Waals surface area contributed by atoms with Gasteiger partial charge in [-0.3, -0.25) is 9.79 Å². The molecule has 4 nitrogen and oxygen atoms in total. The van der Waals surface area contributed by atoms with Gasteiger partial charge in [-0.1, -0.05) is 35.3 Å². The number of carbonyl (C=O) groups excluding carboxylic acids is 1. The molecule has 1 aliphatic rings. The van der Waals surface area contributed by atoms with Crippen molar-refractivity contribution < 1.29 is 9.18 Å². The fourth-order valence-electron chi connectivity index (χ4n) is 2.50. The third-order valence-corrected chi connectivity index (χ3v) is 4.44. The zero-order valence-electron chi connectivity index (χ0n) is 13.3. The topological polar surface area (TPSA) is 53.5 Å². The molecule has 0 fully saturated rings. The number of carbonyl (C=O) groups is 1. The Labute approximate surface area is 155 Å². The van der Waals surface area contributed by atoms with E-state index in [4.69, 9.17) is 23.2 Å². The van der Waals surface area contributed by atoms with Crippen LogP contribution in [0.3, 0.4) is 0 Å². The van der Waals surface area contributed by atoms with Gasteiger partial charge in [0.1, 0.15) is 5.82 Å². The smallest absolute Gasteiger partial charge is 0.195 e. The quantitative estimate of drug-likeness (QED) is 0.600. The molecule has 0 unspecified atom stereocenters. The molecule has 0 saturated carbocycles. The first kappa shape index (κ1) is 17.7. The van der Waals surface area contributed by atoms with Crippen LogP contribution < -0.4 is 10.6 Å². The molecule has 2 aromatic rings. The molecule has 1 aliphatic heterocycles. The number of anilines is 1. The van der Waals surface area contributed by atoms with Crippen LogP contribution in [0.5, 0.6) is 0 Å². The van der Waals surface area contributed by atoms with Crippen LogP contribution in [-0.2, 0) is 6.42 Å². The molecule has 7 heteroatoms. The summed E-state index contributed by atoms with van der Waals surface area (Å²) in [5.74, 6) is -0.0945. The lowest BCUT2D eigenvalue weighted by Crippen LogP contribution is -2.26.